The van der Waals surface area contributed by atoms with Gasteiger partial charge in [0.05, 0.1) is 0 Å². The molecule has 0 bridgehead atoms. The van der Waals surface area contributed by atoms with Gasteiger partial charge in [-0.1, -0.05) is 15.9 Å². The Morgan fingerprint density at radius 1 is 1.05 bits per heavy atom. The summed E-state index contributed by atoms with van der Waals surface area (Å²) in [7, 11) is 1.49. The topological polar surface area (TPSA) is 49.8 Å². The zero-order valence-corrected chi connectivity index (χ0v) is 11.9. The van der Waals surface area contributed by atoms with Crippen LogP contribution in [0.25, 0.3) is 0 Å². The highest BCUT2D eigenvalue weighted by Gasteiger charge is 2.35. The fraction of sp³-hybridized carbons (Fsp3) is 0.167. The summed E-state index contributed by atoms with van der Waals surface area (Å²) >= 11 is 3.28. The minimum absolute atomic E-state index is 0.0685. The van der Waals surface area contributed by atoms with Gasteiger partial charge in [0.1, 0.15) is 11.6 Å². The van der Waals surface area contributed by atoms with E-state index in [4.69, 9.17) is 0 Å². The first-order valence-electron chi connectivity index (χ1n) is 5.55. The minimum atomic E-state index is -4.59. The van der Waals surface area contributed by atoms with Crippen LogP contribution >= 0.6 is 15.9 Å². The zero-order chi connectivity index (χ0) is 14.8. The number of hydrogen-bond acceptors (Lipinski definition) is 4. The molecule has 0 aliphatic carbocycles. The fourth-order valence-corrected chi connectivity index (χ4v) is 1.71. The maximum Gasteiger partial charge on any atom is 0.451 e. The Hall–Kier alpha value is -1.83. The predicted molar refractivity (Wildman–Crippen MR) is 74.0 cm³/mol. The van der Waals surface area contributed by atoms with Crippen LogP contribution in [0.1, 0.15) is 5.82 Å². The molecule has 0 saturated heterocycles. The molecule has 0 unspecified atom stereocenters. The van der Waals surface area contributed by atoms with Crippen molar-refractivity contribution in [2.75, 3.05) is 17.7 Å². The lowest BCUT2D eigenvalue weighted by Crippen LogP contribution is -2.13. The normalized spacial score (nSPS) is 11.2. The van der Waals surface area contributed by atoms with Crippen molar-refractivity contribution in [1.29, 1.82) is 0 Å². The van der Waals surface area contributed by atoms with Crippen molar-refractivity contribution in [3.8, 4) is 0 Å². The van der Waals surface area contributed by atoms with Crippen LogP contribution in [0.5, 0.6) is 0 Å². The number of halogens is 4. The summed E-state index contributed by atoms with van der Waals surface area (Å²) in [4.78, 5) is 6.86. The summed E-state index contributed by atoms with van der Waals surface area (Å²) in [5, 5.41) is 5.38. The lowest BCUT2D eigenvalue weighted by atomic mass is 10.3. The van der Waals surface area contributed by atoms with Gasteiger partial charge < -0.3 is 10.6 Å². The Bertz CT molecular complexity index is 599. The van der Waals surface area contributed by atoms with E-state index in [2.05, 4.69) is 36.5 Å². The third-order valence-corrected chi connectivity index (χ3v) is 2.88. The minimum Gasteiger partial charge on any atom is -0.373 e. The monoisotopic (exact) mass is 346 g/mol. The van der Waals surface area contributed by atoms with Crippen LogP contribution in [0.4, 0.5) is 30.5 Å². The number of anilines is 3. The highest BCUT2D eigenvalue weighted by atomic mass is 79.9. The first-order chi connectivity index (χ1) is 9.38. The van der Waals surface area contributed by atoms with Gasteiger partial charge in [-0.05, 0) is 24.3 Å². The molecular formula is C12H10BrF3N4. The molecule has 0 radical (unpaired) electrons. The quantitative estimate of drug-likeness (QED) is 0.880. The van der Waals surface area contributed by atoms with Gasteiger partial charge in [0.25, 0.3) is 0 Å². The maximum atomic E-state index is 12.7. The Balaban J connectivity index is 2.33. The Labute approximate surface area is 121 Å². The summed E-state index contributed by atoms with van der Waals surface area (Å²) in [6, 6.07) is 8.38. The van der Waals surface area contributed by atoms with Crippen molar-refractivity contribution in [3.05, 3.63) is 40.6 Å². The van der Waals surface area contributed by atoms with Gasteiger partial charge in [-0.2, -0.15) is 13.2 Å². The molecule has 2 N–H and O–H groups in total. The van der Waals surface area contributed by atoms with Crippen molar-refractivity contribution in [2.24, 2.45) is 0 Å². The Morgan fingerprint density at radius 2 is 1.65 bits per heavy atom. The second-order valence-electron chi connectivity index (χ2n) is 3.84. The molecule has 20 heavy (non-hydrogen) atoms. The molecule has 2 aromatic rings. The first kappa shape index (κ1) is 14.6. The van der Waals surface area contributed by atoms with Gasteiger partial charge in [0.2, 0.25) is 5.82 Å². The number of alkyl halides is 3. The second kappa shape index (κ2) is 5.66. The van der Waals surface area contributed by atoms with E-state index >= 15 is 0 Å². The molecular weight excluding hydrogens is 337 g/mol. The average molecular weight is 347 g/mol. The van der Waals surface area contributed by atoms with Crippen LogP contribution in [0.3, 0.4) is 0 Å². The Morgan fingerprint density at radius 3 is 2.20 bits per heavy atom. The van der Waals surface area contributed by atoms with E-state index in [9.17, 15) is 13.2 Å². The highest BCUT2D eigenvalue weighted by molar-refractivity contribution is 9.10. The predicted octanol–water partition coefficient (Wildman–Crippen LogP) is 4.04. The molecule has 1 aromatic carbocycles. The van der Waals surface area contributed by atoms with Gasteiger partial charge in [-0.25, -0.2) is 9.97 Å². The molecule has 1 heterocycles. The number of aromatic nitrogens is 2. The van der Waals surface area contributed by atoms with Crippen LogP contribution < -0.4 is 10.6 Å². The van der Waals surface area contributed by atoms with E-state index in [1.807, 2.05) is 0 Å². The van der Waals surface area contributed by atoms with Crippen molar-refractivity contribution in [1.82, 2.24) is 9.97 Å². The van der Waals surface area contributed by atoms with Crippen molar-refractivity contribution >= 4 is 33.3 Å². The molecule has 0 fully saturated rings. The molecule has 2 rings (SSSR count). The smallest absolute Gasteiger partial charge is 0.373 e. The first-order valence-corrected chi connectivity index (χ1v) is 6.34. The Kier molecular flexibility index (Phi) is 4.12. The van der Waals surface area contributed by atoms with E-state index in [0.717, 1.165) is 4.47 Å². The summed E-state index contributed by atoms with van der Waals surface area (Å²) < 4.78 is 38.9. The number of hydrogen-bond donors (Lipinski definition) is 2. The summed E-state index contributed by atoms with van der Waals surface area (Å²) in [6.45, 7) is 0. The van der Waals surface area contributed by atoms with E-state index in [-0.39, 0.29) is 11.6 Å². The molecule has 0 aliphatic heterocycles. The van der Waals surface area contributed by atoms with Crippen LogP contribution in [-0.4, -0.2) is 17.0 Å². The number of nitrogens with one attached hydrogen (secondary N) is 2. The van der Waals surface area contributed by atoms with E-state index < -0.39 is 12.0 Å². The molecule has 0 spiro atoms. The molecule has 8 heteroatoms. The lowest BCUT2D eigenvalue weighted by molar-refractivity contribution is -0.144. The van der Waals surface area contributed by atoms with Crippen LogP contribution in [0, 0.1) is 0 Å². The lowest BCUT2D eigenvalue weighted by Gasteiger charge is -2.11. The van der Waals surface area contributed by atoms with Crippen LogP contribution in [0.2, 0.25) is 0 Å². The van der Waals surface area contributed by atoms with E-state index in [0.29, 0.717) is 5.69 Å². The largest absolute Gasteiger partial charge is 0.451 e. The van der Waals surface area contributed by atoms with Crippen molar-refractivity contribution < 1.29 is 13.2 Å². The van der Waals surface area contributed by atoms with Gasteiger partial charge in [-0.15, -0.1) is 0 Å². The summed E-state index contributed by atoms with van der Waals surface area (Å²) in [5.41, 5.74) is 0.627. The number of benzene rings is 1. The van der Waals surface area contributed by atoms with Crippen LogP contribution in [0.15, 0.2) is 34.8 Å². The van der Waals surface area contributed by atoms with Crippen molar-refractivity contribution in [3.63, 3.8) is 0 Å². The average Bonchev–Trinajstić information content (AvgIpc) is 2.40. The van der Waals surface area contributed by atoms with Gasteiger partial charge in [0, 0.05) is 23.3 Å². The van der Waals surface area contributed by atoms with E-state index in [1.54, 1.807) is 24.3 Å². The van der Waals surface area contributed by atoms with Gasteiger partial charge in [-0.3, -0.25) is 0 Å². The molecule has 1 aromatic heterocycles. The third kappa shape index (κ3) is 3.60. The summed E-state index contributed by atoms with van der Waals surface area (Å²) in [5.74, 6) is -1.03. The zero-order valence-electron chi connectivity index (χ0n) is 10.3. The van der Waals surface area contributed by atoms with Crippen molar-refractivity contribution in [2.45, 2.75) is 6.18 Å². The molecule has 106 valence electrons. The number of rotatable bonds is 3. The van der Waals surface area contributed by atoms with Crippen LogP contribution in [-0.2, 0) is 6.18 Å². The molecule has 0 amide bonds. The third-order valence-electron chi connectivity index (χ3n) is 2.35. The fourth-order valence-electron chi connectivity index (χ4n) is 1.45. The van der Waals surface area contributed by atoms with Gasteiger partial charge in [0.15, 0.2) is 0 Å². The second-order valence-corrected chi connectivity index (χ2v) is 4.76. The van der Waals surface area contributed by atoms with E-state index in [1.165, 1.54) is 13.1 Å². The maximum absolute atomic E-state index is 12.7. The SMILES string of the molecule is CNc1cc(Nc2ccc(Br)cc2)nc(C(F)(F)F)n1. The molecule has 0 saturated carbocycles. The summed E-state index contributed by atoms with van der Waals surface area (Å²) in [6.07, 6.45) is -4.59. The standard InChI is InChI=1S/C12H10BrF3N4/c1-17-9-6-10(20-11(19-9)12(14,15)16)18-8-4-2-7(13)3-5-8/h2-6H,1H3,(H2,17,18,19,20). The molecule has 4 nitrogen and oxygen atoms in total. The number of nitrogens with zero attached hydrogens (tertiary/aromatic N) is 2. The molecule has 0 aliphatic rings. The van der Waals surface area contributed by atoms with Gasteiger partial charge >= 0.3 is 6.18 Å². The molecule has 0 atom stereocenters. The highest BCUT2D eigenvalue weighted by Crippen LogP contribution is 2.29.